The number of hydrogen-bond donors (Lipinski definition) is 2. The molecule has 0 saturated carbocycles. The zero-order valence-corrected chi connectivity index (χ0v) is 15.7. The summed E-state index contributed by atoms with van der Waals surface area (Å²) in [5, 5.41) is 6.99. The Kier molecular flexibility index (Phi) is 7.35. The molecule has 0 radical (unpaired) electrons. The summed E-state index contributed by atoms with van der Waals surface area (Å²) in [6.45, 7) is 4.20. The summed E-state index contributed by atoms with van der Waals surface area (Å²) in [7, 11) is 3.72. The molecular weight excluding hydrogens is 334 g/mol. The summed E-state index contributed by atoms with van der Waals surface area (Å²) in [6, 6.07) is 15.7. The molecule has 0 aliphatic rings. The van der Waals surface area contributed by atoms with Gasteiger partial charge in [-0.05, 0) is 67.7 Å². The summed E-state index contributed by atoms with van der Waals surface area (Å²) in [4.78, 5) is 2.16. The van der Waals surface area contributed by atoms with Crippen LogP contribution in [-0.2, 0) is 0 Å². The van der Waals surface area contributed by atoms with Gasteiger partial charge in [0.25, 0.3) is 0 Å². The van der Waals surface area contributed by atoms with Gasteiger partial charge in [0.15, 0.2) is 5.11 Å². The highest BCUT2D eigenvalue weighted by Crippen LogP contribution is 2.18. The minimum atomic E-state index is 0.604. The number of thiocarbonyl (C=S) groups is 1. The molecule has 134 valence electrons. The number of hydrogen-bond acceptors (Lipinski definition) is 4. The second-order valence-electron chi connectivity index (χ2n) is 5.46. The Hall–Kier alpha value is -2.47. The topological polar surface area (TPSA) is 45.8 Å². The summed E-state index contributed by atoms with van der Waals surface area (Å²) in [6.07, 6.45) is 0. The summed E-state index contributed by atoms with van der Waals surface area (Å²) >= 11 is 5.33. The van der Waals surface area contributed by atoms with Crippen LogP contribution in [0.5, 0.6) is 11.5 Å². The van der Waals surface area contributed by atoms with Gasteiger partial charge in [0, 0.05) is 31.5 Å². The maximum absolute atomic E-state index is 5.42. The molecule has 6 heteroatoms. The monoisotopic (exact) mass is 359 g/mol. The van der Waals surface area contributed by atoms with Crippen molar-refractivity contribution in [3.05, 3.63) is 48.5 Å². The SMILES string of the molecule is CCOc1ccc(NC(=S)NCCN(C)c2ccc(OC)cc2)cc1. The van der Waals surface area contributed by atoms with Gasteiger partial charge >= 0.3 is 0 Å². The average molecular weight is 359 g/mol. The highest BCUT2D eigenvalue weighted by Gasteiger charge is 2.02. The normalized spacial score (nSPS) is 10.0. The molecule has 0 unspecified atom stereocenters. The Morgan fingerprint density at radius 2 is 1.68 bits per heavy atom. The van der Waals surface area contributed by atoms with Gasteiger partial charge in [-0.2, -0.15) is 0 Å². The van der Waals surface area contributed by atoms with Gasteiger partial charge in [-0.25, -0.2) is 0 Å². The Labute approximate surface area is 154 Å². The molecule has 5 nitrogen and oxygen atoms in total. The fourth-order valence-electron chi connectivity index (χ4n) is 2.28. The number of anilines is 2. The molecule has 2 aromatic rings. The summed E-state index contributed by atoms with van der Waals surface area (Å²) < 4.78 is 10.6. The molecule has 2 rings (SSSR count). The van der Waals surface area contributed by atoms with E-state index < -0.39 is 0 Å². The van der Waals surface area contributed by atoms with Gasteiger partial charge in [0.1, 0.15) is 11.5 Å². The fraction of sp³-hybridized carbons (Fsp3) is 0.316. The van der Waals surface area contributed by atoms with Crippen LogP contribution in [0.2, 0.25) is 0 Å². The van der Waals surface area contributed by atoms with Gasteiger partial charge in [-0.3, -0.25) is 0 Å². The van der Waals surface area contributed by atoms with Crippen LogP contribution in [0.25, 0.3) is 0 Å². The lowest BCUT2D eigenvalue weighted by Gasteiger charge is -2.20. The zero-order valence-electron chi connectivity index (χ0n) is 14.9. The molecule has 2 N–H and O–H groups in total. The van der Waals surface area contributed by atoms with Crippen LogP contribution in [-0.4, -0.2) is 39.0 Å². The molecule has 0 spiro atoms. The number of ether oxygens (including phenoxy) is 2. The van der Waals surface area contributed by atoms with Crippen molar-refractivity contribution in [2.45, 2.75) is 6.92 Å². The smallest absolute Gasteiger partial charge is 0.170 e. The Morgan fingerprint density at radius 1 is 1.04 bits per heavy atom. The van der Waals surface area contributed by atoms with E-state index in [-0.39, 0.29) is 0 Å². The van der Waals surface area contributed by atoms with Crippen LogP contribution in [0, 0.1) is 0 Å². The van der Waals surface area contributed by atoms with Crippen molar-refractivity contribution < 1.29 is 9.47 Å². The van der Waals surface area contributed by atoms with Crippen LogP contribution < -0.4 is 25.0 Å². The molecule has 0 aliphatic carbocycles. The zero-order chi connectivity index (χ0) is 18.1. The Bertz CT molecular complexity index is 659. The first-order valence-electron chi connectivity index (χ1n) is 8.25. The molecular formula is C19H25N3O2S. The van der Waals surface area contributed by atoms with E-state index in [9.17, 15) is 0 Å². The van der Waals surface area contributed by atoms with E-state index in [0.29, 0.717) is 11.7 Å². The van der Waals surface area contributed by atoms with Gasteiger partial charge in [-0.15, -0.1) is 0 Å². The number of likely N-dealkylation sites (N-methyl/N-ethyl adjacent to an activating group) is 1. The van der Waals surface area contributed by atoms with Crippen LogP contribution >= 0.6 is 12.2 Å². The minimum absolute atomic E-state index is 0.604. The number of benzene rings is 2. The third kappa shape index (κ3) is 6.15. The molecule has 0 atom stereocenters. The molecule has 0 aromatic heterocycles. The maximum atomic E-state index is 5.42. The first kappa shape index (κ1) is 18.9. The van der Waals surface area contributed by atoms with Gasteiger partial charge in [0.05, 0.1) is 13.7 Å². The van der Waals surface area contributed by atoms with Crippen LogP contribution in [0.4, 0.5) is 11.4 Å². The predicted octanol–water partition coefficient (Wildman–Crippen LogP) is 3.52. The van der Waals surface area contributed by atoms with Crippen molar-refractivity contribution in [2.24, 2.45) is 0 Å². The molecule has 0 saturated heterocycles. The number of nitrogens with zero attached hydrogens (tertiary/aromatic N) is 1. The fourth-order valence-corrected chi connectivity index (χ4v) is 2.50. The lowest BCUT2D eigenvalue weighted by atomic mass is 10.3. The first-order chi connectivity index (χ1) is 12.1. The van der Waals surface area contributed by atoms with Gasteiger partial charge in [0.2, 0.25) is 0 Å². The van der Waals surface area contributed by atoms with E-state index in [4.69, 9.17) is 21.7 Å². The number of methoxy groups -OCH3 is 1. The van der Waals surface area contributed by atoms with E-state index in [0.717, 1.165) is 36.0 Å². The molecule has 0 aliphatic heterocycles. The van der Waals surface area contributed by atoms with Crippen molar-refractivity contribution in [3.63, 3.8) is 0 Å². The van der Waals surface area contributed by atoms with Crippen molar-refractivity contribution in [1.29, 1.82) is 0 Å². The van der Waals surface area contributed by atoms with E-state index >= 15 is 0 Å². The largest absolute Gasteiger partial charge is 0.497 e. The number of rotatable bonds is 8. The van der Waals surface area contributed by atoms with Crippen molar-refractivity contribution in [1.82, 2.24) is 5.32 Å². The summed E-state index contributed by atoms with van der Waals surface area (Å²) in [5.74, 6) is 1.71. The quantitative estimate of drug-likeness (QED) is 0.703. The number of nitrogens with one attached hydrogen (secondary N) is 2. The Morgan fingerprint density at radius 3 is 2.28 bits per heavy atom. The first-order valence-corrected chi connectivity index (χ1v) is 8.66. The predicted molar refractivity (Wildman–Crippen MR) is 108 cm³/mol. The summed E-state index contributed by atoms with van der Waals surface area (Å²) in [5.41, 5.74) is 2.07. The highest BCUT2D eigenvalue weighted by atomic mass is 32.1. The van der Waals surface area contributed by atoms with E-state index in [1.807, 2.05) is 62.5 Å². The van der Waals surface area contributed by atoms with Crippen molar-refractivity contribution in [3.8, 4) is 11.5 Å². The lowest BCUT2D eigenvalue weighted by molar-refractivity contribution is 0.340. The molecule has 0 amide bonds. The van der Waals surface area contributed by atoms with E-state index in [1.165, 1.54) is 0 Å². The van der Waals surface area contributed by atoms with Crippen LogP contribution in [0.15, 0.2) is 48.5 Å². The van der Waals surface area contributed by atoms with Gasteiger partial charge < -0.3 is 25.0 Å². The molecule has 2 aromatic carbocycles. The third-order valence-corrected chi connectivity index (χ3v) is 3.92. The highest BCUT2D eigenvalue weighted by molar-refractivity contribution is 7.80. The third-order valence-electron chi connectivity index (χ3n) is 3.67. The van der Waals surface area contributed by atoms with E-state index in [1.54, 1.807) is 7.11 Å². The maximum Gasteiger partial charge on any atom is 0.170 e. The average Bonchev–Trinajstić information content (AvgIpc) is 2.63. The van der Waals surface area contributed by atoms with Crippen LogP contribution in [0.3, 0.4) is 0 Å². The second kappa shape index (κ2) is 9.74. The second-order valence-corrected chi connectivity index (χ2v) is 5.87. The van der Waals surface area contributed by atoms with Crippen molar-refractivity contribution >= 4 is 28.7 Å². The lowest BCUT2D eigenvalue weighted by Crippen LogP contribution is -2.35. The standard InChI is InChI=1S/C19H25N3O2S/c1-4-24-18-9-5-15(6-10-18)21-19(25)20-13-14-22(2)16-7-11-17(23-3)12-8-16/h5-12H,4,13-14H2,1-3H3,(H2,20,21,25). The van der Waals surface area contributed by atoms with Crippen molar-refractivity contribution in [2.75, 3.05) is 44.1 Å². The molecule has 0 fully saturated rings. The van der Waals surface area contributed by atoms with E-state index in [2.05, 4.69) is 15.5 Å². The molecule has 0 heterocycles. The molecule has 25 heavy (non-hydrogen) atoms. The minimum Gasteiger partial charge on any atom is -0.497 e. The molecule has 0 bridgehead atoms. The Balaban J connectivity index is 1.73. The van der Waals surface area contributed by atoms with Gasteiger partial charge in [-0.1, -0.05) is 0 Å². The van der Waals surface area contributed by atoms with Crippen LogP contribution in [0.1, 0.15) is 6.92 Å².